The Hall–Kier alpha value is -1.53. The number of rotatable bonds is 10. The van der Waals surface area contributed by atoms with Crippen molar-refractivity contribution < 1.29 is 9.47 Å². The molecular weight excluding hydrogens is 352 g/mol. The normalized spacial score (nSPS) is 16.5. The van der Waals surface area contributed by atoms with Gasteiger partial charge in [0.15, 0.2) is 5.96 Å². The third-order valence-electron chi connectivity index (χ3n) is 4.84. The van der Waals surface area contributed by atoms with E-state index in [9.17, 15) is 0 Å². The summed E-state index contributed by atoms with van der Waals surface area (Å²) in [4.78, 5) is 8.42. The SMILES string of the molecule is CCOCCC1(CNC(=NC)NCCOc2ccc(Cl)cn2)CCCC1. The fourth-order valence-electron chi connectivity index (χ4n) is 3.34. The van der Waals surface area contributed by atoms with Gasteiger partial charge >= 0.3 is 0 Å². The number of guanidine groups is 1. The van der Waals surface area contributed by atoms with Gasteiger partial charge in [0.2, 0.25) is 5.88 Å². The van der Waals surface area contributed by atoms with Gasteiger partial charge in [-0.1, -0.05) is 24.4 Å². The fourth-order valence-corrected chi connectivity index (χ4v) is 3.45. The predicted octanol–water partition coefficient (Wildman–Crippen LogP) is 3.27. The average molecular weight is 383 g/mol. The summed E-state index contributed by atoms with van der Waals surface area (Å²) in [6, 6.07) is 3.53. The van der Waals surface area contributed by atoms with Crippen LogP contribution in [0, 0.1) is 5.41 Å². The second kappa shape index (κ2) is 11.2. The van der Waals surface area contributed by atoms with Gasteiger partial charge in [0.1, 0.15) is 6.61 Å². The average Bonchev–Trinajstić information content (AvgIpc) is 3.12. The van der Waals surface area contributed by atoms with E-state index in [1.165, 1.54) is 25.7 Å². The molecule has 0 bridgehead atoms. The van der Waals surface area contributed by atoms with Crippen LogP contribution >= 0.6 is 11.6 Å². The Kier molecular flexibility index (Phi) is 8.98. The van der Waals surface area contributed by atoms with Crippen molar-refractivity contribution in [3.8, 4) is 5.88 Å². The van der Waals surface area contributed by atoms with Gasteiger partial charge in [-0.2, -0.15) is 0 Å². The third kappa shape index (κ3) is 7.00. The molecule has 1 aromatic heterocycles. The number of aromatic nitrogens is 1. The summed E-state index contributed by atoms with van der Waals surface area (Å²) in [6.07, 6.45) is 7.82. The lowest BCUT2D eigenvalue weighted by Crippen LogP contribution is -2.44. The van der Waals surface area contributed by atoms with Crippen molar-refractivity contribution in [2.45, 2.75) is 39.0 Å². The van der Waals surface area contributed by atoms with Crippen LogP contribution in [-0.4, -0.2) is 50.9 Å². The van der Waals surface area contributed by atoms with E-state index in [0.717, 1.165) is 32.1 Å². The lowest BCUT2D eigenvalue weighted by molar-refractivity contribution is 0.105. The smallest absolute Gasteiger partial charge is 0.213 e. The molecule has 0 spiro atoms. The van der Waals surface area contributed by atoms with Crippen molar-refractivity contribution in [3.63, 3.8) is 0 Å². The second-order valence-electron chi connectivity index (χ2n) is 6.67. The summed E-state index contributed by atoms with van der Waals surface area (Å²) in [5, 5.41) is 7.37. The molecule has 2 N–H and O–H groups in total. The molecule has 0 atom stereocenters. The number of halogens is 1. The zero-order valence-electron chi connectivity index (χ0n) is 15.9. The molecule has 0 radical (unpaired) electrons. The zero-order valence-corrected chi connectivity index (χ0v) is 16.6. The number of pyridine rings is 1. The molecule has 1 aliphatic carbocycles. The van der Waals surface area contributed by atoms with E-state index in [0.29, 0.717) is 29.5 Å². The largest absolute Gasteiger partial charge is 0.476 e. The maximum atomic E-state index is 5.81. The van der Waals surface area contributed by atoms with Crippen LogP contribution in [0.2, 0.25) is 5.02 Å². The van der Waals surface area contributed by atoms with Gasteiger partial charge < -0.3 is 20.1 Å². The number of nitrogens with one attached hydrogen (secondary N) is 2. The first-order valence-electron chi connectivity index (χ1n) is 9.44. The molecule has 6 nitrogen and oxygen atoms in total. The van der Waals surface area contributed by atoms with Crippen molar-refractivity contribution in [2.24, 2.45) is 10.4 Å². The van der Waals surface area contributed by atoms with Crippen LogP contribution in [0.5, 0.6) is 5.88 Å². The first-order valence-corrected chi connectivity index (χ1v) is 9.82. The highest BCUT2D eigenvalue weighted by atomic mass is 35.5. The summed E-state index contributed by atoms with van der Waals surface area (Å²) in [5.74, 6) is 1.38. The van der Waals surface area contributed by atoms with Crippen LogP contribution in [0.15, 0.2) is 23.3 Å². The number of nitrogens with zero attached hydrogens (tertiary/aromatic N) is 2. The van der Waals surface area contributed by atoms with E-state index in [4.69, 9.17) is 21.1 Å². The van der Waals surface area contributed by atoms with E-state index in [1.807, 2.05) is 6.92 Å². The molecule has 7 heteroatoms. The van der Waals surface area contributed by atoms with Crippen molar-refractivity contribution in [1.82, 2.24) is 15.6 Å². The van der Waals surface area contributed by atoms with E-state index < -0.39 is 0 Å². The quantitative estimate of drug-likeness (QED) is 0.369. The van der Waals surface area contributed by atoms with Crippen molar-refractivity contribution in [3.05, 3.63) is 23.4 Å². The minimum Gasteiger partial charge on any atom is -0.476 e. The molecule has 0 aromatic carbocycles. The lowest BCUT2D eigenvalue weighted by atomic mass is 9.83. The Balaban J connectivity index is 1.69. The maximum Gasteiger partial charge on any atom is 0.213 e. The van der Waals surface area contributed by atoms with Gasteiger partial charge in [0, 0.05) is 39.1 Å². The maximum absolute atomic E-state index is 5.81. The molecule has 1 fully saturated rings. The third-order valence-corrected chi connectivity index (χ3v) is 5.07. The van der Waals surface area contributed by atoms with Gasteiger partial charge in [-0.25, -0.2) is 4.98 Å². The minimum absolute atomic E-state index is 0.330. The van der Waals surface area contributed by atoms with Gasteiger partial charge in [-0.05, 0) is 37.7 Å². The summed E-state index contributed by atoms with van der Waals surface area (Å²) < 4.78 is 11.2. The standard InChI is InChI=1S/C19H31ClN4O2/c1-3-25-12-10-19(8-4-5-9-19)15-24-18(21-2)22-11-13-26-17-7-6-16(20)14-23-17/h6-7,14H,3-5,8-13,15H2,1-2H3,(H2,21,22,24). The summed E-state index contributed by atoms with van der Waals surface area (Å²) in [6.45, 7) is 5.76. The first-order chi connectivity index (χ1) is 12.7. The minimum atomic E-state index is 0.330. The molecule has 0 amide bonds. The number of hydrogen-bond acceptors (Lipinski definition) is 4. The lowest BCUT2D eigenvalue weighted by Gasteiger charge is -2.30. The molecule has 2 rings (SSSR count). The molecule has 0 saturated heterocycles. The van der Waals surface area contributed by atoms with Crippen LogP contribution in [0.3, 0.4) is 0 Å². The monoisotopic (exact) mass is 382 g/mol. The van der Waals surface area contributed by atoms with Crippen LogP contribution in [0.25, 0.3) is 0 Å². The molecular formula is C19H31ClN4O2. The highest BCUT2D eigenvalue weighted by Gasteiger charge is 2.33. The highest BCUT2D eigenvalue weighted by Crippen LogP contribution is 2.40. The number of ether oxygens (including phenoxy) is 2. The van der Waals surface area contributed by atoms with Crippen molar-refractivity contribution in [2.75, 3.05) is 40.0 Å². The van der Waals surface area contributed by atoms with Gasteiger partial charge in [0.05, 0.1) is 11.6 Å². The van der Waals surface area contributed by atoms with Gasteiger partial charge in [-0.15, -0.1) is 0 Å². The number of aliphatic imine (C=N–C) groups is 1. The van der Waals surface area contributed by atoms with E-state index in [2.05, 4.69) is 20.6 Å². The Morgan fingerprint density at radius 1 is 1.27 bits per heavy atom. The van der Waals surface area contributed by atoms with Gasteiger partial charge in [-0.3, -0.25) is 4.99 Å². The zero-order chi connectivity index (χ0) is 18.7. The summed E-state index contributed by atoms with van der Waals surface area (Å²) in [5.41, 5.74) is 0.330. The Labute approximate surface area is 161 Å². The van der Waals surface area contributed by atoms with E-state index >= 15 is 0 Å². The highest BCUT2D eigenvalue weighted by molar-refractivity contribution is 6.30. The Bertz CT molecular complexity index is 545. The Morgan fingerprint density at radius 2 is 2.08 bits per heavy atom. The molecule has 0 aliphatic heterocycles. The molecule has 1 heterocycles. The molecule has 1 saturated carbocycles. The molecule has 1 aliphatic rings. The first kappa shape index (κ1) is 20.8. The van der Waals surface area contributed by atoms with E-state index in [1.54, 1.807) is 25.4 Å². The predicted molar refractivity (Wildman–Crippen MR) is 106 cm³/mol. The van der Waals surface area contributed by atoms with Gasteiger partial charge in [0.25, 0.3) is 0 Å². The molecule has 0 unspecified atom stereocenters. The van der Waals surface area contributed by atoms with Crippen molar-refractivity contribution in [1.29, 1.82) is 0 Å². The molecule has 26 heavy (non-hydrogen) atoms. The second-order valence-corrected chi connectivity index (χ2v) is 7.11. The topological polar surface area (TPSA) is 67.8 Å². The fraction of sp³-hybridized carbons (Fsp3) is 0.684. The van der Waals surface area contributed by atoms with E-state index in [-0.39, 0.29) is 0 Å². The van der Waals surface area contributed by atoms with Crippen molar-refractivity contribution >= 4 is 17.6 Å². The van der Waals surface area contributed by atoms with Crippen LogP contribution < -0.4 is 15.4 Å². The van der Waals surface area contributed by atoms with Crippen LogP contribution in [-0.2, 0) is 4.74 Å². The van der Waals surface area contributed by atoms with Crippen LogP contribution in [0.1, 0.15) is 39.0 Å². The number of hydrogen-bond donors (Lipinski definition) is 2. The molecule has 146 valence electrons. The Morgan fingerprint density at radius 3 is 2.73 bits per heavy atom. The molecule has 1 aromatic rings. The van der Waals surface area contributed by atoms with Crippen LogP contribution in [0.4, 0.5) is 0 Å². The summed E-state index contributed by atoms with van der Waals surface area (Å²) >= 11 is 5.81. The summed E-state index contributed by atoms with van der Waals surface area (Å²) in [7, 11) is 1.79.